The van der Waals surface area contributed by atoms with Gasteiger partial charge in [0.25, 0.3) is 0 Å². The van der Waals surface area contributed by atoms with Crippen LogP contribution in [0.4, 0.5) is 0 Å². The smallest absolute Gasteiger partial charge is 0.306 e. The van der Waals surface area contributed by atoms with Crippen molar-refractivity contribution >= 4 is 11.9 Å². The molecule has 0 aliphatic heterocycles. The molecule has 0 aromatic carbocycles. The lowest BCUT2D eigenvalue weighted by Gasteiger charge is -2.24. The van der Waals surface area contributed by atoms with Gasteiger partial charge in [-0.05, 0) is 51.4 Å². The van der Waals surface area contributed by atoms with E-state index in [4.69, 9.17) is 4.74 Å². The summed E-state index contributed by atoms with van der Waals surface area (Å²) in [7, 11) is 0. The number of allylic oxidation sites excluding steroid dienone is 2. The van der Waals surface area contributed by atoms with Crippen LogP contribution in [0.15, 0.2) is 12.2 Å². The van der Waals surface area contributed by atoms with Crippen LogP contribution in [0.3, 0.4) is 0 Å². The van der Waals surface area contributed by atoms with E-state index in [-0.39, 0.29) is 24.9 Å². The Morgan fingerprint density at radius 3 is 1.22 bits per heavy atom. The average molecular weight is 820 g/mol. The zero-order valence-corrected chi connectivity index (χ0v) is 39.2. The maximum absolute atomic E-state index is 13.2. The number of nitrogens with one attached hydrogen (secondary N) is 1. The van der Waals surface area contributed by atoms with Crippen LogP contribution in [0.2, 0.25) is 0 Å². The zero-order valence-electron chi connectivity index (χ0n) is 39.2. The number of aliphatic hydroxyl groups excluding tert-OH is 2. The van der Waals surface area contributed by atoms with Gasteiger partial charge in [-0.1, -0.05) is 232 Å². The molecule has 3 unspecified atom stereocenters. The summed E-state index contributed by atoms with van der Waals surface area (Å²) < 4.78 is 5.93. The van der Waals surface area contributed by atoms with Crippen LogP contribution in [0.25, 0.3) is 0 Å². The Kier molecular flexibility index (Phi) is 45.5. The molecular formula is C52H101NO5. The molecular weight excluding hydrogens is 719 g/mol. The van der Waals surface area contributed by atoms with E-state index >= 15 is 0 Å². The second kappa shape index (κ2) is 46.7. The van der Waals surface area contributed by atoms with E-state index in [1.54, 1.807) is 0 Å². The third-order valence-corrected chi connectivity index (χ3v) is 12.1. The molecule has 0 spiro atoms. The summed E-state index contributed by atoms with van der Waals surface area (Å²) in [6.45, 7) is 6.48. The maximum atomic E-state index is 13.2. The second-order valence-electron chi connectivity index (χ2n) is 17.9. The van der Waals surface area contributed by atoms with Crippen molar-refractivity contribution in [2.24, 2.45) is 0 Å². The highest BCUT2D eigenvalue weighted by molar-refractivity contribution is 5.77. The monoisotopic (exact) mass is 820 g/mol. The maximum Gasteiger partial charge on any atom is 0.306 e. The van der Waals surface area contributed by atoms with Crippen LogP contribution in [0, 0.1) is 0 Å². The van der Waals surface area contributed by atoms with E-state index in [0.717, 1.165) is 57.8 Å². The fourth-order valence-electron chi connectivity index (χ4n) is 8.13. The van der Waals surface area contributed by atoms with Crippen molar-refractivity contribution in [2.45, 2.75) is 302 Å². The van der Waals surface area contributed by atoms with Gasteiger partial charge in [-0.25, -0.2) is 0 Å². The molecule has 3 atom stereocenters. The molecule has 344 valence electrons. The minimum Gasteiger partial charge on any atom is -0.462 e. The molecule has 0 bridgehead atoms. The Balaban J connectivity index is 4.55. The molecule has 0 saturated carbocycles. The van der Waals surface area contributed by atoms with Gasteiger partial charge in [0, 0.05) is 6.42 Å². The van der Waals surface area contributed by atoms with E-state index in [1.165, 1.54) is 180 Å². The first kappa shape index (κ1) is 56.6. The number of esters is 1. The molecule has 0 heterocycles. The summed E-state index contributed by atoms with van der Waals surface area (Å²) in [6.07, 6.45) is 51.3. The summed E-state index contributed by atoms with van der Waals surface area (Å²) in [6, 6.07) is -0.696. The number of carbonyl (C=O) groups excluding carboxylic acids is 2. The van der Waals surface area contributed by atoms with Crippen LogP contribution in [0.1, 0.15) is 284 Å². The molecule has 0 aromatic heterocycles. The van der Waals surface area contributed by atoms with Gasteiger partial charge in [-0.3, -0.25) is 9.59 Å². The molecule has 58 heavy (non-hydrogen) atoms. The van der Waals surface area contributed by atoms with Gasteiger partial charge in [0.2, 0.25) is 5.91 Å². The fraction of sp³-hybridized carbons (Fsp3) is 0.923. The predicted molar refractivity (Wildman–Crippen MR) is 250 cm³/mol. The third-order valence-electron chi connectivity index (χ3n) is 12.1. The lowest BCUT2D eigenvalue weighted by molar-refractivity contribution is -0.151. The molecule has 0 rings (SSSR count). The van der Waals surface area contributed by atoms with E-state index in [9.17, 15) is 19.8 Å². The molecule has 3 N–H and O–H groups in total. The summed E-state index contributed by atoms with van der Waals surface area (Å²) in [5.41, 5.74) is 0. The highest BCUT2D eigenvalue weighted by atomic mass is 16.5. The number of carbonyl (C=O) groups is 2. The van der Waals surface area contributed by atoms with Crippen LogP contribution < -0.4 is 5.32 Å². The van der Waals surface area contributed by atoms with Crippen molar-refractivity contribution in [2.75, 3.05) is 6.61 Å². The minimum atomic E-state index is -0.782. The minimum absolute atomic E-state index is 0.0786. The Bertz CT molecular complexity index is 878. The van der Waals surface area contributed by atoms with Gasteiger partial charge in [0.1, 0.15) is 6.10 Å². The number of hydrogen-bond donors (Lipinski definition) is 3. The summed E-state index contributed by atoms with van der Waals surface area (Å²) >= 11 is 0. The Morgan fingerprint density at radius 2 is 0.828 bits per heavy atom. The largest absolute Gasteiger partial charge is 0.462 e. The van der Waals surface area contributed by atoms with E-state index in [1.807, 2.05) is 0 Å². The number of hydrogen-bond acceptors (Lipinski definition) is 5. The zero-order chi connectivity index (χ0) is 42.4. The number of ether oxygens (including phenoxy) is 1. The van der Waals surface area contributed by atoms with Crippen molar-refractivity contribution in [3.05, 3.63) is 12.2 Å². The first-order chi connectivity index (χ1) is 28.5. The average Bonchev–Trinajstić information content (AvgIpc) is 3.22. The van der Waals surface area contributed by atoms with Gasteiger partial charge in [0.15, 0.2) is 0 Å². The van der Waals surface area contributed by atoms with Crippen LogP contribution >= 0.6 is 0 Å². The third kappa shape index (κ3) is 41.3. The molecule has 0 radical (unpaired) electrons. The van der Waals surface area contributed by atoms with Crippen LogP contribution in [-0.2, 0) is 14.3 Å². The van der Waals surface area contributed by atoms with Gasteiger partial charge in [-0.15, -0.1) is 0 Å². The summed E-state index contributed by atoms with van der Waals surface area (Å²) in [4.78, 5) is 26.1. The van der Waals surface area contributed by atoms with Crippen molar-refractivity contribution in [1.29, 1.82) is 0 Å². The molecule has 1 amide bonds. The lowest BCUT2D eigenvalue weighted by atomic mass is 10.0. The molecule has 0 aliphatic carbocycles. The van der Waals surface area contributed by atoms with Crippen molar-refractivity contribution in [3.63, 3.8) is 0 Å². The summed E-state index contributed by atoms with van der Waals surface area (Å²) in [5, 5.41) is 23.7. The predicted octanol–water partition coefficient (Wildman–Crippen LogP) is 15.3. The highest BCUT2D eigenvalue weighted by Crippen LogP contribution is 2.18. The molecule has 0 aliphatic rings. The first-order valence-corrected chi connectivity index (χ1v) is 25.9. The fourth-order valence-corrected chi connectivity index (χ4v) is 8.13. The Morgan fingerprint density at radius 1 is 0.483 bits per heavy atom. The van der Waals surface area contributed by atoms with Crippen molar-refractivity contribution in [1.82, 2.24) is 5.32 Å². The molecule has 6 nitrogen and oxygen atoms in total. The SMILES string of the molecule is CCCCCCCCC/C=C\CCCCCC(=O)OC(CCCCCCCCCCCCCCCCCC)CC(=O)NC(CO)C(O)CCCCCCCCCCC. The lowest BCUT2D eigenvalue weighted by Crippen LogP contribution is -2.46. The number of rotatable bonds is 47. The van der Waals surface area contributed by atoms with Gasteiger partial charge >= 0.3 is 5.97 Å². The number of amides is 1. The van der Waals surface area contributed by atoms with Crippen LogP contribution in [-0.4, -0.2) is 46.9 Å². The number of aliphatic hydroxyl groups is 2. The van der Waals surface area contributed by atoms with Crippen molar-refractivity contribution in [3.8, 4) is 0 Å². The van der Waals surface area contributed by atoms with Crippen LogP contribution in [0.5, 0.6) is 0 Å². The van der Waals surface area contributed by atoms with Gasteiger partial charge < -0.3 is 20.3 Å². The Labute approximate surface area is 361 Å². The van der Waals surface area contributed by atoms with Gasteiger partial charge in [-0.2, -0.15) is 0 Å². The topological polar surface area (TPSA) is 95.9 Å². The molecule has 0 saturated heterocycles. The molecule has 0 aromatic rings. The van der Waals surface area contributed by atoms with E-state index < -0.39 is 18.2 Å². The highest BCUT2D eigenvalue weighted by Gasteiger charge is 2.24. The van der Waals surface area contributed by atoms with E-state index in [2.05, 4.69) is 38.2 Å². The van der Waals surface area contributed by atoms with Crippen molar-refractivity contribution < 1.29 is 24.5 Å². The number of unbranched alkanes of at least 4 members (excludes halogenated alkanes) is 33. The molecule has 6 heteroatoms. The molecule has 0 fully saturated rings. The summed E-state index contributed by atoms with van der Waals surface area (Å²) in [5.74, 6) is -0.476. The first-order valence-electron chi connectivity index (χ1n) is 25.9. The quantitative estimate of drug-likeness (QED) is 0.0323. The Hall–Kier alpha value is -1.40. The normalized spacial score (nSPS) is 13.3. The van der Waals surface area contributed by atoms with E-state index in [0.29, 0.717) is 19.3 Å². The second-order valence-corrected chi connectivity index (χ2v) is 17.9. The van der Waals surface area contributed by atoms with Gasteiger partial charge in [0.05, 0.1) is 25.2 Å². The standard InChI is InChI=1S/C52H101NO5/c1-4-7-10-13-16-19-21-23-25-26-27-29-32-34-37-40-43-48(58-52(57)45-42-39-36-33-30-28-24-22-20-17-14-11-8-5-2)46-51(56)53-49(47-54)50(55)44-41-38-35-31-18-15-12-9-6-3/h28,30,48-50,54-55H,4-27,29,31-47H2,1-3H3,(H,53,56)/b30-28-.